The summed E-state index contributed by atoms with van der Waals surface area (Å²) in [5.41, 5.74) is 0.203. The van der Waals surface area contributed by atoms with Gasteiger partial charge >= 0.3 is 5.97 Å². The molecule has 0 saturated heterocycles. The number of non-ortho nitro benzene ring substituents is 1. The van der Waals surface area contributed by atoms with Crippen molar-refractivity contribution in [2.45, 2.75) is 25.7 Å². The molecule has 19 heavy (non-hydrogen) atoms. The third-order valence-corrected chi connectivity index (χ3v) is 2.90. The lowest BCUT2D eigenvalue weighted by Gasteiger charge is -2.06. The van der Waals surface area contributed by atoms with Gasteiger partial charge in [-0.25, -0.2) is 0 Å². The van der Waals surface area contributed by atoms with Crippen LogP contribution in [0.5, 0.6) is 5.75 Å². The van der Waals surface area contributed by atoms with Crippen LogP contribution in [0.25, 0.3) is 0 Å². The second-order valence-corrected chi connectivity index (χ2v) is 4.25. The number of nitro benzene ring substituents is 1. The lowest BCUT2D eigenvalue weighted by Crippen LogP contribution is -2.12. The van der Waals surface area contributed by atoms with Crippen molar-refractivity contribution in [2.24, 2.45) is 0 Å². The molecule has 1 aliphatic heterocycles. The maximum atomic E-state index is 11.7. The summed E-state index contributed by atoms with van der Waals surface area (Å²) in [5.74, 6) is -1.43. The largest absolute Gasteiger partial charge is 0.511 e. The first-order valence-corrected chi connectivity index (χ1v) is 5.93. The van der Waals surface area contributed by atoms with E-state index in [1.165, 1.54) is 18.2 Å². The molecule has 1 aromatic carbocycles. The fourth-order valence-corrected chi connectivity index (χ4v) is 1.95. The summed E-state index contributed by atoms with van der Waals surface area (Å²) < 4.78 is 4.99. The third kappa shape index (κ3) is 2.42. The highest BCUT2D eigenvalue weighted by Crippen LogP contribution is 2.40. The molecule has 0 radical (unpaired) electrons. The Morgan fingerprint density at radius 3 is 2.95 bits per heavy atom. The van der Waals surface area contributed by atoms with Crippen molar-refractivity contribution in [3.63, 3.8) is 0 Å². The zero-order chi connectivity index (χ0) is 14.0. The van der Waals surface area contributed by atoms with Crippen LogP contribution in [0.15, 0.2) is 30.0 Å². The van der Waals surface area contributed by atoms with Crippen LogP contribution < -0.4 is 4.74 Å². The summed E-state index contributed by atoms with van der Waals surface area (Å²) in [4.78, 5) is 21.9. The Kier molecular flexibility index (Phi) is 3.50. The molecule has 0 bridgehead atoms. The first-order chi connectivity index (χ1) is 9.04. The van der Waals surface area contributed by atoms with E-state index in [0.717, 1.165) is 6.42 Å². The average molecular weight is 263 g/mol. The number of carbonyl (C=O) groups is 1. The number of fused-ring (bicyclic) bond motifs is 1. The SMILES string of the molecule is CCCC=C(O)C1C(=O)Oc2ccc([N+](=O)[O-])cc21. The van der Waals surface area contributed by atoms with E-state index in [4.69, 9.17) is 4.74 Å². The highest BCUT2D eigenvalue weighted by atomic mass is 16.6. The van der Waals surface area contributed by atoms with Gasteiger partial charge in [0.2, 0.25) is 0 Å². The van der Waals surface area contributed by atoms with Crippen molar-refractivity contribution in [3.8, 4) is 5.75 Å². The molecular weight excluding hydrogens is 250 g/mol. The molecule has 1 heterocycles. The monoisotopic (exact) mass is 263 g/mol. The molecule has 100 valence electrons. The second kappa shape index (κ2) is 5.09. The number of carbonyl (C=O) groups excluding carboxylic acids is 1. The van der Waals surface area contributed by atoms with E-state index in [-0.39, 0.29) is 17.2 Å². The smallest absolute Gasteiger partial charge is 0.326 e. The van der Waals surface area contributed by atoms with Crippen molar-refractivity contribution in [1.82, 2.24) is 0 Å². The molecule has 6 nitrogen and oxygen atoms in total. The predicted molar refractivity (Wildman–Crippen MR) is 67.1 cm³/mol. The van der Waals surface area contributed by atoms with Crippen LogP contribution in [0, 0.1) is 10.1 Å². The highest BCUT2D eigenvalue weighted by molar-refractivity contribution is 5.89. The van der Waals surface area contributed by atoms with E-state index in [1.54, 1.807) is 6.08 Å². The molecule has 1 aromatic rings. The summed E-state index contributed by atoms with van der Waals surface area (Å²) in [5, 5.41) is 20.7. The van der Waals surface area contributed by atoms with Crippen molar-refractivity contribution >= 4 is 11.7 Å². The molecule has 1 aliphatic rings. The van der Waals surface area contributed by atoms with Gasteiger partial charge in [-0.3, -0.25) is 14.9 Å². The summed E-state index contributed by atoms with van der Waals surface area (Å²) in [7, 11) is 0. The number of ether oxygens (including phenoxy) is 1. The van der Waals surface area contributed by atoms with Crippen LogP contribution >= 0.6 is 0 Å². The summed E-state index contributed by atoms with van der Waals surface area (Å²) in [6, 6.07) is 3.90. The molecular formula is C13H13NO5. The molecule has 1 N–H and O–H groups in total. The summed E-state index contributed by atoms with van der Waals surface area (Å²) >= 11 is 0. The van der Waals surface area contributed by atoms with E-state index in [0.29, 0.717) is 12.0 Å². The molecule has 0 aromatic heterocycles. The quantitative estimate of drug-likeness (QED) is 0.296. The lowest BCUT2D eigenvalue weighted by atomic mass is 9.97. The standard InChI is InChI=1S/C13H13NO5/c1-2-3-4-10(15)12-9-7-8(14(17)18)5-6-11(9)19-13(12)16/h4-7,12,15H,2-3H2,1H3. The number of nitro groups is 1. The molecule has 1 atom stereocenters. The second-order valence-electron chi connectivity index (χ2n) is 4.25. The Morgan fingerprint density at radius 1 is 1.58 bits per heavy atom. The van der Waals surface area contributed by atoms with E-state index in [9.17, 15) is 20.0 Å². The van der Waals surface area contributed by atoms with Gasteiger partial charge in [0.15, 0.2) is 0 Å². The Hall–Kier alpha value is -2.37. The molecule has 0 aliphatic carbocycles. The minimum Gasteiger partial charge on any atom is -0.511 e. The van der Waals surface area contributed by atoms with Gasteiger partial charge in [-0.1, -0.05) is 13.3 Å². The number of rotatable bonds is 4. The molecule has 1 unspecified atom stereocenters. The number of aliphatic hydroxyl groups is 1. The number of allylic oxidation sites excluding steroid dienone is 1. The zero-order valence-corrected chi connectivity index (χ0v) is 10.3. The molecule has 6 heteroatoms. The Labute approximate surface area is 109 Å². The van der Waals surface area contributed by atoms with Gasteiger partial charge in [-0.05, 0) is 18.6 Å². The van der Waals surface area contributed by atoms with Crippen molar-refractivity contribution < 1.29 is 19.6 Å². The van der Waals surface area contributed by atoms with Crippen molar-refractivity contribution in [2.75, 3.05) is 0 Å². The van der Waals surface area contributed by atoms with E-state index >= 15 is 0 Å². The first kappa shape index (κ1) is 13.1. The van der Waals surface area contributed by atoms with Gasteiger partial charge in [0, 0.05) is 17.7 Å². The first-order valence-electron chi connectivity index (χ1n) is 5.93. The molecule has 0 spiro atoms. The number of unbranched alkanes of at least 4 members (excludes halogenated alkanes) is 1. The van der Waals surface area contributed by atoms with E-state index in [1.807, 2.05) is 6.92 Å². The van der Waals surface area contributed by atoms with Gasteiger partial charge in [-0.15, -0.1) is 0 Å². The Balaban J connectivity index is 2.41. The normalized spacial score (nSPS) is 18.1. The highest BCUT2D eigenvalue weighted by Gasteiger charge is 2.37. The maximum absolute atomic E-state index is 11.7. The predicted octanol–water partition coefficient (Wildman–Crippen LogP) is 2.84. The van der Waals surface area contributed by atoms with Crippen molar-refractivity contribution in [1.29, 1.82) is 0 Å². The van der Waals surface area contributed by atoms with Gasteiger partial charge in [0.1, 0.15) is 17.4 Å². The fraction of sp³-hybridized carbons (Fsp3) is 0.308. The molecule has 0 amide bonds. The minimum absolute atomic E-state index is 0.119. The number of hydrogen-bond acceptors (Lipinski definition) is 5. The number of benzene rings is 1. The third-order valence-electron chi connectivity index (χ3n) is 2.90. The lowest BCUT2D eigenvalue weighted by molar-refractivity contribution is -0.384. The van der Waals surface area contributed by atoms with E-state index < -0.39 is 16.8 Å². The number of nitrogens with zero attached hydrogens (tertiary/aromatic N) is 1. The number of aliphatic hydroxyl groups excluding tert-OH is 1. The van der Waals surface area contributed by atoms with Gasteiger partial charge in [-0.2, -0.15) is 0 Å². The van der Waals surface area contributed by atoms with E-state index in [2.05, 4.69) is 0 Å². The summed E-state index contributed by atoms with van der Waals surface area (Å²) in [6.45, 7) is 1.94. The topological polar surface area (TPSA) is 89.7 Å². The van der Waals surface area contributed by atoms with Crippen LogP contribution in [0.2, 0.25) is 0 Å². The van der Waals surface area contributed by atoms with Gasteiger partial charge < -0.3 is 9.84 Å². The Morgan fingerprint density at radius 2 is 2.32 bits per heavy atom. The van der Waals surface area contributed by atoms with Crippen LogP contribution in [-0.4, -0.2) is 16.0 Å². The van der Waals surface area contributed by atoms with Crippen LogP contribution in [0.4, 0.5) is 5.69 Å². The Bertz CT molecular complexity index is 564. The van der Waals surface area contributed by atoms with Crippen LogP contribution in [-0.2, 0) is 4.79 Å². The van der Waals surface area contributed by atoms with Gasteiger partial charge in [0.25, 0.3) is 5.69 Å². The zero-order valence-electron chi connectivity index (χ0n) is 10.3. The maximum Gasteiger partial charge on any atom is 0.326 e. The minimum atomic E-state index is -0.957. The molecule has 0 saturated carbocycles. The number of hydrogen-bond donors (Lipinski definition) is 1. The van der Waals surface area contributed by atoms with Gasteiger partial charge in [0.05, 0.1) is 4.92 Å². The van der Waals surface area contributed by atoms with Crippen LogP contribution in [0.1, 0.15) is 31.2 Å². The average Bonchev–Trinajstić information content (AvgIpc) is 2.70. The number of esters is 1. The summed E-state index contributed by atoms with van der Waals surface area (Å²) in [6.07, 6.45) is 2.99. The van der Waals surface area contributed by atoms with Crippen molar-refractivity contribution in [3.05, 3.63) is 45.7 Å². The fourth-order valence-electron chi connectivity index (χ4n) is 1.95. The van der Waals surface area contributed by atoms with Crippen LogP contribution in [0.3, 0.4) is 0 Å². The molecule has 2 rings (SSSR count). The molecule has 0 fully saturated rings.